The summed E-state index contributed by atoms with van der Waals surface area (Å²) in [5.41, 5.74) is -0.133. The van der Waals surface area contributed by atoms with E-state index >= 15 is 0 Å². The van der Waals surface area contributed by atoms with Gasteiger partial charge in [0.1, 0.15) is 11.6 Å². The topological polar surface area (TPSA) is 71.3 Å². The van der Waals surface area contributed by atoms with Crippen LogP contribution in [0.25, 0.3) is 0 Å². The Morgan fingerprint density at radius 3 is 2.83 bits per heavy atom. The molecule has 24 heavy (non-hydrogen) atoms. The lowest BCUT2D eigenvalue weighted by Gasteiger charge is -2.32. The molecule has 1 N–H and O–H groups in total. The molecule has 1 aliphatic rings. The van der Waals surface area contributed by atoms with Crippen LogP contribution in [0.4, 0.5) is 4.39 Å². The molecular formula is C18H23FN2O3. The second-order valence-electron chi connectivity index (χ2n) is 5.84. The van der Waals surface area contributed by atoms with Gasteiger partial charge in [0.05, 0.1) is 24.7 Å². The van der Waals surface area contributed by atoms with Crippen LogP contribution in [0.5, 0.6) is 5.75 Å². The minimum atomic E-state index is -0.732. The molecule has 0 radical (unpaired) electrons. The van der Waals surface area contributed by atoms with E-state index in [2.05, 4.69) is 11.4 Å². The van der Waals surface area contributed by atoms with Crippen molar-refractivity contribution < 1.29 is 18.7 Å². The lowest BCUT2D eigenvalue weighted by atomic mass is 9.74. The Kier molecular flexibility index (Phi) is 6.56. The van der Waals surface area contributed by atoms with Crippen LogP contribution in [0.15, 0.2) is 18.2 Å². The molecule has 2 rings (SSSR count). The number of ether oxygens (including phenoxy) is 2. The second kappa shape index (κ2) is 8.65. The van der Waals surface area contributed by atoms with Gasteiger partial charge in [0.2, 0.25) is 0 Å². The Labute approximate surface area is 141 Å². The van der Waals surface area contributed by atoms with Crippen molar-refractivity contribution in [2.75, 3.05) is 26.3 Å². The monoisotopic (exact) mass is 334 g/mol. The molecule has 1 aliphatic heterocycles. The first kappa shape index (κ1) is 18.2. The Balaban J connectivity index is 2.07. The summed E-state index contributed by atoms with van der Waals surface area (Å²) in [6.45, 7) is 3.87. The first-order valence-electron chi connectivity index (χ1n) is 8.32. The summed E-state index contributed by atoms with van der Waals surface area (Å²) in [6.07, 6.45) is 2.02. The maximum atomic E-state index is 13.7. The largest absolute Gasteiger partial charge is 0.493 e. The summed E-state index contributed by atoms with van der Waals surface area (Å²) < 4.78 is 24.4. The van der Waals surface area contributed by atoms with Gasteiger partial charge < -0.3 is 14.8 Å². The quantitative estimate of drug-likeness (QED) is 0.613. The number of nitriles is 1. The molecule has 0 aliphatic carbocycles. The van der Waals surface area contributed by atoms with Gasteiger partial charge in [-0.05, 0) is 57.5 Å². The van der Waals surface area contributed by atoms with Crippen molar-refractivity contribution in [3.05, 3.63) is 29.6 Å². The van der Waals surface area contributed by atoms with Gasteiger partial charge in [-0.25, -0.2) is 4.39 Å². The number of nitrogens with one attached hydrogen (secondary N) is 1. The number of carbonyl (C=O) groups is 1. The Morgan fingerprint density at radius 1 is 1.42 bits per heavy atom. The third kappa shape index (κ3) is 4.45. The normalized spacial score (nSPS) is 16.2. The van der Waals surface area contributed by atoms with E-state index in [0.29, 0.717) is 56.9 Å². The maximum absolute atomic E-state index is 13.7. The van der Waals surface area contributed by atoms with Gasteiger partial charge in [-0.15, -0.1) is 0 Å². The zero-order chi connectivity index (χ0) is 17.4. The van der Waals surface area contributed by atoms with Gasteiger partial charge in [0.25, 0.3) is 0 Å². The van der Waals surface area contributed by atoms with Gasteiger partial charge in [-0.1, -0.05) is 0 Å². The number of benzene rings is 1. The smallest absolute Gasteiger partial charge is 0.305 e. The van der Waals surface area contributed by atoms with Crippen molar-refractivity contribution in [2.45, 2.75) is 38.0 Å². The number of esters is 1. The van der Waals surface area contributed by atoms with Crippen LogP contribution in [0.3, 0.4) is 0 Å². The Bertz CT molecular complexity index is 607. The number of rotatable bonds is 7. The zero-order valence-corrected chi connectivity index (χ0v) is 13.9. The highest BCUT2D eigenvalue weighted by atomic mass is 19.1. The van der Waals surface area contributed by atoms with Crippen LogP contribution < -0.4 is 10.1 Å². The molecule has 1 heterocycles. The third-order valence-corrected chi connectivity index (χ3v) is 4.22. The average molecular weight is 334 g/mol. The molecular weight excluding hydrogens is 311 g/mol. The summed E-state index contributed by atoms with van der Waals surface area (Å²) in [6, 6.07) is 6.66. The highest BCUT2D eigenvalue weighted by molar-refractivity contribution is 5.69. The van der Waals surface area contributed by atoms with Crippen LogP contribution in [-0.2, 0) is 14.9 Å². The molecule has 1 saturated heterocycles. The van der Waals surface area contributed by atoms with Crippen molar-refractivity contribution in [1.82, 2.24) is 5.32 Å². The van der Waals surface area contributed by atoms with Crippen molar-refractivity contribution in [1.29, 1.82) is 5.26 Å². The number of hydrogen-bond donors (Lipinski definition) is 1. The molecule has 0 amide bonds. The zero-order valence-electron chi connectivity index (χ0n) is 13.9. The van der Waals surface area contributed by atoms with E-state index in [1.807, 2.05) is 0 Å². The molecule has 0 aromatic heterocycles. The number of carbonyl (C=O) groups excluding carboxylic acids is 1. The summed E-state index contributed by atoms with van der Waals surface area (Å²) in [5.74, 6) is -0.118. The van der Waals surface area contributed by atoms with Gasteiger partial charge in [0.15, 0.2) is 0 Å². The highest BCUT2D eigenvalue weighted by Gasteiger charge is 2.36. The number of hydrogen-bond acceptors (Lipinski definition) is 5. The molecule has 0 bridgehead atoms. The molecule has 1 aromatic rings. The fraction of sp³-hybridized carbons (Fsp3) is 0.556. The van der Waals surface area contributed by atoms with E-state index in [0.717, 1.165) is 0 Å². The van der Waals surface area contributed by atoms with Crippen LogP contribution in [0, 0.1) is 17.1 Å². The van der Waals surface area contributed by atoms with Gasteiger partial charge in [0, 0.05) is 12.0 Å². The predicted octanol–water partition coefficient (Wildman–Crippen LogP) is 2.69. The fourth-order valence-electron chi connectivity index (χ4n) is 2.93. The van der Waals surface area contributed by atoms with E-state index < -0.39 is 5.41 Å². The first-order chi connectivity index (χ1) is 11.6. The summed E-state index contributed by atoms with van der Waals surface area (Å²) in [7, 11) is 0. The highest BCUT2D eigenvalue weighted by Crippen LogP contribution is 2.39. The van der Waals surface area contributed by atoms with Crippen molar-refractivity contribution in [3.8, 4) is 11.8 Å². The molecule has 0 spiro atoms. The van der Waals surface area contributed by atoms with E-state index in [1.54, 1.807) is 13.0 Å². The van der Waals surface area contributed by atoms with Crippen LogP contribution in [-0.4, -0.2) is 32.3 Å². The SMILES string of the molecule is CCOC(=O)CCCOc1ccc(F)cc1C1(C#N)CCNCC1. The minimum Gasteiger partial charge on any atom is -0.493 e. The number of halogens is 1. The molecule has 1 fully saturated rings. The van der Waals surface area contributed by atoms with Crippen LogP contribution in [0.2, 0.25) is 0 Å². The molecule has 5 nitrogen and oxygen atoms in total. The minimum absolute atomic E-state index is 0.257. The van der Waals surface area contributed by atoms with E-state index in [4.69, 9.17) is 9.47 Å². The molecule has 0 atom stereocenters. The predicted molar refractivity (Wildman–Crippen MR) is 87.2 cm³/mol. The van der Waals surface area contributed by atoms with Crippen molar-refractivity contribution >= 4 is 5.97 Å². The molecule has 6 heteroatoms. The molecule has 1 aromatic carbocycles. The van der Waals surface area contributed by atoms with Gasteiger partial charge in [-0.2, -0.15) is 5.26 Å². The summed E-state index contributed by atoms with van der Waals surface area (Å²) in [5, 5.41) is 12.9. The van der Waals surface area contributed by atoms with Gasteiger partial charge >= 0.3 is 5.97 Å². The van der Waals surface area contributed by atoms with E-state index in [-0.39, 0.29) is 18.2 Å². The van der Waals surface area contributed by atoms with Crippen molar-refractivity contribution in [2.24, 2.45) is 0 Å². The fourth-order valence-corrected chi connectivity index (χ4v) is 2.93. The van der Waals surface area contributed by atoms with Crippen LogP contribution >= 0.6 is 0 Å². The third-order valence-electron chi connectivity index (χ3n) is 4.22. The summed E-state index contributed by atoms with van der Waals surface area (Å²) >= 11 is 0. The average Bonchev–Trinajstić information content (AvgIpc) is 2.60. The lowest BCUT2D eigenvalue weighted by molar-refractivity contribution is -0.143. The van der Waals surface area contributed by atoms with E-state index in [1.165, 1.54) is 12.1 Å². The second-order valence-corrected chi connectivity index (χ2v) is 5.84. The lowest BCUT2D eigenvalue weighted by Crippen LogP contribution is -2.39. The first-order valence-corrected chi connectivity index (χ1v) is 8.32. The summed E-state index contributed by atoms with van der Waals surface area (Å²) in [4.78, 5) is 11.3. The van der Waals surface area contributed by atoms with Crippen LogP contribution in [0.1, 0.15) is 38.2 Å². The number of piperidine rings is 1. The number of nitrogens with zero attached hydrogens (tertiary/aromatic N) is 1. The molecule has 130 valence electrons. The Hall–Kier alpha value is -2.13. The maximum Gasteiger partial charge on any atom is 0.305 e. The van der Waals surface area contributed by atoms with Crippen molar-refractivity contribution in [3.63, 3.8) is 0 Å². The Morgan fingerprint density at radius 2 is 2.17 bits per heavy atom. The molecule has 0 unspecified atom stereocenters. The van der Waals surface area contributed by atoms with Gasteiger partial charge in [-0.3, -0.25) is 4.79 Å². The molecule has 0 saturated carbocycles. The van der Waals surface area contributed by atoms with E-state index in [9.17, 15) is 14.4 Å². The standard InChI is InChI=1S/C18H23FN2O3/c1-2-23-17(22)4-3-11-24-16-6-5-14(19)12-15(16)18(13-20)7-9-21-10-8-18/h5-6,12,21H,2-4,7-11H2,1H3.